The third kappa shape index (κ3) is 6.50. The number of hydrogen-bond donors (Lipinski definition) is 2. The normalized spacial score (nSPS) is 13.5. The summed E-state index contributed by atoms with van der Waals surface area (Å²) in [6.07, 6.45) is 6.96. The molecule has 0 aliphatic carbocycles. The van der Waals surface area contributed by atoms with Crippen LogP contribution in [0.4, 0.5) is 5.82 Å². The van der Waals surface area contributed by atoms with Crippen LogP contribution in [0.25, 0.3) is 11.0 Å². The van der Waals surface area contributed by atoms with E-state index < -0.39 is 16.9 Å². The smallest absolute Gasteiger partial charge is 0.417 e. The summed E-state index contributed by atoms with van der Waals surface area (Å²) in [5.41, 5.74) is 3.26. The zero-order valence-corrected chi connectivity index (χ0v) is 21.9. The van der Waals surface area contributed by atoms with Crippen molar-refractivity contribution in [2.24, 2.45) is 13.0 Å². The molecule has 0 spiro atoms. The van der Waals surface area contributed by atoms with E-state index in [1.54, 1.807) is 11.0 Å². The molecular formula is C21H26N7NaO3S-2. The van der Waals surface area contributed by atoms with Gasteiger partial charge in [-0.1, -0.05) is 6.92 Å². The van der Waals surface area contributed by atoms with Gasteiger partial charge < -0.3 is 28.5 Å². The van der Waals surface area contributed by atoms with Gasteiger partial charge in [0.2, 0.25) is 0 Å². The maximum absolute atomic E-state index is 11.1. The fourth-order valence-corrected chi connectivity index (χ4v) is 4.26. The minimum atomic E-state index is -1.25. The molecule has 0 saturated carbocycles. The number of carbonyl (C=O) groups is 1. The third-order valence-electron chi connectivity index (χ3n) is 4.95. The summed E-state index contributed by atoms with van der Waals surface area (Å²) in [5.74, 6) is 0.415. The molecule has 33 heavy (non-hydrogen) atoms. The fourth-order valence-electron chi connectivity index (χ4n) is 3.40. The second-order valence-corrected chi connectivity index (χ2v) is 8.62. The number of aryl methyl sites for hydroxylation is 1. The summed E-state index contributed by atoms with van der Waals surface area (Å²) in [5, 5.41) is 5.21. The molecule has 0 bridgehead atoms. The Morgan fingerprint density at radius 3 is 2.82 bits per heavy atom. The molecular weight excluding hydrogens is 453 g/mol. The average molecular weight is 480 g/mol. The van der Waals surface area contributed by atoms with Crippen molar-refractivity contribution >= 4 is 40.0 Å². The Bertz CT molecular complexity index is 1130. The monoisotopic (exact) mass is 479 g/mol. The molecule has 1 aliphatic rings. The van der Waals surface area contributed by atoms with Crippen molar-refractivity contribution in [3.63, 3.8) is 0 Å². The molecule has 3 aromatic rings. The summed E-state index contributed by atoms with van der Waals surface area (Å²) in [7, 11) is 0.615. The van der Waals surface area contributed by atoms with Crippen molar-refractivity contribution in [1.82, 2.24) is 29.5 Å². The van der Waals surface area contributed by atoms with Crippen LogP contribution in [0, 0.1) is 19.8 Å². The van der Waals surface area contributed by atoms with Gasteiger partial charge in [0.15, 0.2) is 5.91 Å². The first-order chi connectivity index (χ1) is 15.3. The van der Waals surface area contributed by atoms with Gasteiger partial charge in [-0.25, -0.2) is 25.2 Å². The van der Waals surface area contributed by atoms with Crippen molar-refractivity contribution in [3.8, 4) is 0 Å². The predicted octanol–water partition coefficient (Wildman–Crippen LogP) is -1.82. The quantitative estimate of drug-likeness (QED) is 0.315. The third-order valence-corrected chi connectivity index (χ3v) is 6.15. The maximum Gasteiger partial charge on any atom is 1.00 e. The summed E-state index contributed by atoms with van der Waals surface area (Å²) in [4.78, 5) is 35.7. The molecule has 0 saturated heterocycles. The number of anilines is 1. The van der Waals surface area contributed by atoms with E-state index in [-0.39, 0.29) is 35.5 Å². The number of rotatable bonds is 6. The number of H-pyrrole nitrogens is 1. The molecule has 4 heterocycles. The van der Waals surface area contributed by atoms with Crippen molar-refractivity contribution < 1.29 is 43.4 Å². The molecule has 0 fully saturated rings. The van der Waals surface area contributed by atoms with E-state index in [1.807, 2.05) is 32.5 Å². The topological polar surface area (TPSA) is 126 Å². The van der Waals surface area contributed by atoms with Crippen LogP contribution in [0.3, 0.4) is 0 Å². The van der Waals surface area contributed by atoms with Gasteiger partial charge in [-0.2, -0.15) is 0 Å². The number of nitrogens with zero attached hydrogens (tertiary/aromatic N) is 5. The SMILES string of the molecule is Cn1nc([C-]=O)c2c1CCN(c1ncnc3[nH]ccc13)C2.[CH2-]C([CH2-])C(=O)NS(=O)CCC.[Na+]. The van der Waals surface area contributed by atoms with Crippen LogP contribution >= 0.6 is 0 Å². The Hall–Kier alpha value is -2.08. The molecule has 172 valence electrons. The molecule has 1 aliphatic heterocycles. The first kappa shape index (κ1) is 27.2. The first-order valence-electron chi connectivity index (χ1n) is 10.2. The number of nitrogens with one attached hydrogen (secondary N) is 2. The van der Waals surface area contributed by atoms with Gasteiger partial charge in [0.1, 0.15) is 28.8 Å². The van der Waals surface area contributed by atoms with Gasteiger partial charge in [0, 0.05) is 31.8 Å². The second kappa shape index (κ2) is 12.4. The second-order valence-electron chi connectivity index (χ2n) is 7.32. The van der Waals surface area contributed by atoms with Gasteiger partial charge in [-0.05, 0) is 36.8 Å². The Kier molecular flexibility index (Phi) is 10.2. The van der Waals surface area contributed by atoms with E-state index in [9.17, 15) is 13.8 Å². The molecule has 4 rings (SSSR count). The van der Waals surface area contributed by atoms with Gasteiger partial charge in [0.05, 0.1) is 5.39 Å². The Morgan fingerprint density at radius 1 is 1.39 bits per heavy atom. The number of aromatic amines is 1. The van der Waals surface area contributed by atoms with Crippen LogP contribution < -0.4 is 39.2 Å². The van der Waals surface area contributed by atoms with Crippen molar-refractivity contribution in [1.29, 1.82) is 0 Å². The van der Waals surface area contributed by atoms with Crippen LogP contribution in [-0.2, 0) is 40.6 Å². The predicted molar refractivity (Wildman–Crippen MR) is 122 cm³/mol. The van der Waals surface area contributed by atoms with Crippen molar-refractivity contribution in [2.75, 3.05) is 17.2 Å². The molecule has 2 N–H and O–H groups in total. The van der Waals surface area contributed by atoms with E-state index in [4.69, 9.17) is 0 Å². The van der Waals surface area contributed by atoms with Crippen molar-refractivity contribution in [3.05, 3.63) is 49.4 Å². The van der Waals surface area contributed by atoms with Gasteiger partial charge in [-0.3, -0.25) is 14.2 Å². The van der Waals surface area contributed by atoms with E-state index >= 15 is 0 Å². The molecule has 1 unspecified atom stereocenters. The number of amides is 1. The number of hydrogen-bond acceptors (Lipinski definition) is 7. The van der Waals surface area contributed by atoms with E-state index in [0.717, 1.165) is 47.5 Å². The molecule has 1 amide bonds. The molecule has 1 atom stereocenters. The van der Waals surface area contributed by atoms with Crippen LogP contribution in [0.2, 0.25) is 0 Å². The van der Waals surface area contributed by atoms with Crippen LogP contribution in [0.5, 0.6) is 0 Å². The minimum Gasteiger partial charge on any atom is -0.417 e. The average Bonchev–Trinajstić information content (AvgIpc) is 3.38. The van der Waals surface area contributed by atoms with Crippen molar-refractivity contribution in [2.45, 2.75) is 26.3 Å². The maximum atomic E-state index is 11.1. The fraction of sp³-hybridized carbons (Fsp3) is 0.381. The van der Waals surface area contributed by atoms with Crippen LogP contribution in [0.1, 0.15) is 30.3 Å². The largest absolute Gasteiger partial charge is 1.00 e. The first-order valence-corrected chi connectivity index (χ1v) is 11.5. The van der Waals surface area contributed by atoms with Gasteiger partial charge in [0.25, 0.3) is 0 Å². The number of carbonyl (C=O) groups excluding carboxylic acids is 2. The number of fused-ring (bicyclic) bond motifs is 2. The molecule has 0 radical (unpaired) electrons. The summed E-state index contributed by atoms with van der Waals surface area (Å²) >= 11 is 0. The molecule has 12 heteroatoms. The van der Waals surface area contributed by atoms with E-state index in [1.165, 1.54) is 0 Å². The Labute approximate surface area is 217 Å². The summed E-state index contributed by atoms with van der Waals surface area (Å²) < 4.78 is 14.9. The zero-order chi connectivity index (χ0) is 23.3. The summed E-state index contributed by atoms with van der Waals surface area (Å²) in [6, 6.07) is 1.97. The Morgan fingerprint density at radius 2 is 2.15 bits per heavy atom. The Balaban J connectivity index is 0.000000278. The molecule has 10 nitrogen and oxygen atoms in total. The number of aromatic nitrogens is 5. The van der Waals surface area contributed by atoms with Crippen LogP contribution in [-0.4, -0.2) is 53.4 Å². The van der Waals surface area contributed by atoms with Gasteiger partial charge >= 0.3 is 29.6 Å². The molecule has 3 aromatic heterocycles. The standard InChI is InChI=1S/C14H13N6O.C7H13NO2S.Na/c1-19-12-3-5-20(6-10(12)11(7-21)18-19)14-9-2-4-15-13(9)16-8-17-14;1-4-5-11(10)8-7(9)6(2)3;/h2,4,8H,3,5-6H2,1H3,(H,15,16,17);6H,2-5H2,1H3,(H,8,9);/q-1;-2;+1. The van der Waals surface area contributed by atoms with E-state index in [2.05, 4.69) is 43.5 Å². The van der Waals surface area contributed by atoms with Gasteiger partial charge in [-0.15, -0.1) is 5.56 Å². The molecule has 0 aromatic carbocycles. The van der Waals surface area contributed by atoms with Crippen LogP contribution in [0.15, 0.2) is 18.6 Å². The van der Waals surface area contributed by atoms with E-state index in [0.29, 0.717) is 18.0 Å². The summed E-state index contributed by atoms with van der Waals surface area (Å²) in [6.45, 7) is 10.1. The zero-order valence-electron chi connectivity index (χ0n) is 19.1. The minimum absolute atomic E-state index is 0.